The Morgan fingerprint density at radius 3 is 2.86 bits per heavy atom. The van der Waals surface area contributed by atoms with Gasteiger partial charge in [0.05, 0.1) is 0 Å². The number of Topliss-reactive ketones (excluding diaryl/α,β-unsaturated/α-hetero) is 1. The van der Waals surface area contributed by atoms with Gasteiger partial charge in [-0.1, -0.05) is 23.7 Å². The van der Waals surface area contributed by atoms with E-state index in [0.717, 1.165) is 19.3 Å². The maximum atomic E-state index is 12.0. The molecule has 0 N–H and O–H groups in total. The van der Waals surface area contributed by atoms with Crippen LogP contribution >= 0.6 is 22.9 Å². The Morgan fingerprint density at radius 1 is 1.24 bits per heavy atom. The summed E-state index contributed by atoms with van der Waals surface area (Å²) in [6.07, 6.45) is 3.22. The molecule has 0 bridgehead atoms. The molecule has 21 heavy (non-hydrogen) atoms. The lowest BCUT2D eigenvalue weighted by Crippen LogP contribution is -2.13. The molecule has 0 saturated carbocycles. The van der Waals surface area contributed by atoms with Crippen LogP contribution in [-0.2, 0) is 17.6 Å². The zero-order chi connectivity index (χ0) is 14.8. The average Bonchev–Trinajstić information content (AvgIpc) is 3.05. The molecule has 0 aliphatic heterocycles. The highest BCUT2D eigenvalue weighted by atomic mass is 35.5. The minimum Gasteiger partial charge on any atom is -0.453 e. The van der Waals surface area contributed by atoms with Crippen molar-refractivity contribution in [1.82, 2.24) is 0 Å². The van der Waals surface area contributed by atoms with E-state index in [2.05, 4.69) is 0 Å². The minimum atomic E-state index is -0.426. The summed E-state index contributed by atoms with van der Waals surface area (Å²) in [7, 11) is 0. The molecule has 0 fully saturated rings. The Bertz CT molecular complexity index is 684. The van der Waals surface area contributed by atoms with E-state index >= 15 is 0 Å². The molecule has 5 heteroatoms. The predicted molar refractivity (Wildman–Crippen MR) is 82.4 cm³/mol. The van der Waals surface area contributed by atoms with Crippen molar-refractivity contribution in [2.24, 2.45) is 0 Å². The summed E-state index contributed by atoms with van der Waals surface area (Å²) < 4.78 is 5.10. The normalized spacial score (nSPS) is 13.0. The highest BCUT2D eigenvalue weighted by Gasteiger charge is 2.20. The van der Waals surface area contributed by atoms with Crippen molar-refractivity contribution in [2.45, 2.75) is 19.3 Å². The summed E-state index contributed by atoms with van der Waals surface area (Å²) >= 11 is 7.30. The van der Waals surface area contributed by atoms with Crippen LogP contribution in [0.5, 0.6) is 0 Å². The number of halogens is 1. The van der Waals surface area contributed by atoms with E-state index in [1.165, 1.54) is 21.8 Å². The highest BCUT2D eigenvalue weighted by Crippen LogP contribution is 2.30. The number of benzene rings is 1. The van der Waals surface area contributed by atoms with Crippen LogP contribution in [0.2, 0.25) is 5.02 Å². The molecule has 1 aromatic carbocycles. The quantitative estimate of drug-likeness (QED) is 0.633. The number of carbonyl (C=O) groups is 2. The standard InChI is InChI=1S/C16H13ClO3S/c17-12-5-1-3-10(7-12)13(18)9-20-16(19)15-8-11-4-2-6-14(11)21-15/h1,3,5,7-8H,2,4,6,9H2. The van der Waals surface area contributed by atoms with E-state index in [1.807, 2.05) is 6.07 Å². The molecule has 0 spiro atoms. The van der Waals surface area contributed by atoms with Gasteiger partial charge in [0.25, 0.3) is 0 Å². The molecule has 1 aromatic heterocycles. The van der Waals surface area contributed by atoms with Crippen LogP contribution in [0, 0.1) is 0 Å². The van der Waals surface area contributed by atoms with Gasteiger partial charge in [-0.15, -0.1) is 11.3 Å². The minimum absolute atomic E-state index is 0.255. The van der Waals surface area contributed by atoms with Crippen LogP contribution in [0.25, 0.3) is 0 Å². The lowest BCUT2D eigenvalue weighted by atomic mass is 10.1. The van der Waals surface area contributed by atoms with Gasteiger partial charge in [-0.25, -0.2) is 4.79 Å². The van der Waals surface area contributed by atoms with Gasteiger partial charge in [-0.2, -0.15) is 0 Å². The molecule has 1 heterocycles. The number of carbonyl (C=O) groups excluding carboxylic acids is 2. The molecule has 1 aliphatic carbocycles. The molecule has 3 rings (SSSR count). The summed E-state index contributed by atoms with van der Waals surface area (Å²) in [5, 5.41) is 0.488. The largest absolute Gasteiger partial charge is 0.453 e. The average molecular weight is 321 g/mol. The summed E-state index contributed by atoms with van der Waals surface area (Å²) in [4.78, 5) is 25.8. The number of ketones is 1. The zero-order valence-electron chi connectivity index (χ0n) is 11.2. The van der Waals surface area contributed by atoms with Crippen molar-refractivity contribution in [2.75, 3.05) is 6.61 Å². The Morgan fingerprint density at radius 2 is 2.10 bits per heavy atom. The number of esters is 1. The van der Waals surface area contributed by atoms with Gasteiger partial charge < -0.3 is 4.74 Å². The maximum Gasteiger partial charge on any atom is 0.348 e. The number of ether oxygens (including phenoxy) is 1. The van der Waals surface area contributed by atoms with E-state index in [9.17, 15) is 9.59 Å². The van der Waals surface area contributed by atoms with Crippen molar-refractivity contribution in [3.8, 4) is 0 Å². The van der Waals surface area contributed by atoms with Gasteiger partial charge in [0, 0.05) is 15.5 Å². The number of fused-ring (bicyclic) bond motifs is 1. The second kappa shape index (κ2) is 6.00. The first-order valence-electron chi connectivity index (χ1n) is 6.71. The number of aryl methyl sites for hydroxylation is 2. The van der Waals surface area contributed by atoms with Crippen LogP contribution < -0.4 is 0 Å². The Hall–Kier alpha value is -1.65. The van der Waals surface area contributed by atoms with Crippen molar-refractivity contribution in [3.05, 3.63) is 56.2 Å². The third-order valence-electron chi connectivity index (χ3n) is 3.43. The van der Waals surface area contributed by atoms with Crippen LogP contribution in [0.1, 0.15) is 36.9 Å². The van der Waals surface area contributed by atoms with Crippen molar-refractivity contribution in [1.29, 1.82) is 0 Å². The topological polar surface area (TPSA) is 43.4 Å². The van der Waals surface area contributed by atoms with E-state index in [-0.39, 0.29) is 12.4 Å². The molecule has 0 unspecified atom stereocenters. The summed E-state index contributed by atoms with van der Waals surface area (Å²) in [5.74, 6) is -0.681. The van der Waals surface area contributed by atoms with Gasteiger partial charge in [0.1, 0.15) is 4.88 Å². The Kier molecular flexibility index (Phi) is 4.08. The number of hydrogen-bond donors (Lipinski definition) is 0. The summed E-state index contributed by atoms with van der Waals surface area (Å²) in [5.41, 5.74) is 1.69. The number of rotatable bonds is 4. The number of hydrogen-bond acceptors (Lipinski definition) is 4. The fraction of sp³-hybridized carbons (Fsp3) is 0.250. The highest BCUT2D eigenvalue weighted by molar-refractivity contribution is 7.14. The molecule has 2 aromatic rings. The van der Waals surface area contributed by atoms with Crippen molar-refractivity contribution in [3.63, 3.8) is 0 Å². The lowest BCUT2D eigenvalue weighted by Gasteiger charge is -2.03. The van der Waals surface area contributed by atoms with Gasteiger partial charge in [0.2, 0.25) is 0 Å². The smallest absolute Gasteiger partial charge is 0.348 e. The van der Waals surface area contributed by atoms with E-state index < -0.39 is 5.97 Å². The SMILES string of the molecule is O=C(COC(=O)c1cc2c(s1)CCC2)c1cccc(Cl)c1. The molecule has 3 nitrogen and oxygen atoms in total. The van der Waals surface area contributed by atoms with Crippen molar-refractivity contribution < 1.29 is 14.3 Å². The first-order valence-corrected chi connectivity index (χ1v) is 7.90. The third kappa shape index (κ3) is 3.17. The van der Waals surface area contributed by atoms with Gasteiger partial charge in [-0.3, -0.25) is 4.79 Å². The van der Waals surface area contributed by atoms with E-state index in [4.69, 9.17) is 16.3 Å². The first-order chi connectivity index (χ1) is 10.1. The third-order valence-corrected chi connectivity index (χ3v) is 4.88. The Labute approximate surface area is 131 Å². The van der Waals surface area contributed by atoms with Crippen LogP contribution in [0.15, 0.2) is 30.3 Å². The van der Waals surface area contributed by atoms with E-state index in [1.54, 1.807) is 24.3 Å². The summed E-state index contributed by atoms with van der Waals surface area (Å²) in [6, 6.07) is 8.50. The Balaban J connectivity index is 1.61. The molecule has 0 atom stereocenters. The van der Waals surface area contributed by atoms with Crippen LogP contribution in [-0.4, -0.2) is 18.4 Å². The molecular formula is C16H13ClO3S. The molecule has 0 radical (unpaired) electrons. The molecule has 0 amide bonds. The van der Waals surface area contributed by atoms with E-state index in [0.29, 0.717) is 15.5 Å². The molecule has 0 saturated heterocycles. The fourth-order valence-corrected chi connectivity index (χ4v) is 3.71. The van der Waals surface area contributed by atoms with Gasteiger partial charge >= 0.3 is 5.97 Å². The molecule has 108 valence electrons. The van der Waals surface area contributed by atoms with Crippen molar-refractivity contribution >= 4 is 34.7 Å². The monoisotopic (exact) mass is 320 g/mol. The second-order valence-corrected chi connectivity index (χ2v) is 6.50. The second-order valence-electron chi connectivity index (χ2n) is 4.92. The number of thiophene rings is 1. The maximum absolute atomic E-state index is 12.0. The molecule has 1 aliphatic rings. The first kappa shape index (κ1) is 14.3. The summed E-state index contributed by atoms with van der Waals surface area (Å²) in [6.45, 7) is -0.262. The predicted octanol–water partition coefficient (Wildman–Crippen LogP) is 3.93. The van der Waals surface area contributed by atoms with Crippen LogP contribution in [0.4, 0.5) is 0 Å². The van der Waals surface area contributed by atoms with Gasteiger partial charge in [0.15, 0.2) is 12.4 Å². The van der Waals surface area contributed by atoms with Crippen LogP contribution in [0.3, 0.4) is 0 Å². The zero-order valence-corrected chi connectivity index (χ0v) is 12.8. The molecular weight excluding hydrogens is 308 g/mol. The fourth-order valence-electron chi connectivity index (χ4n) is 2.38. The van der Waals surface area contributed by atoms with Gasteiger partial charge in [-0.05, 0) is 43.0 Å². The lowest BCUT2D eigenvalue weighted by molar-refractivity contribution is 0.0479.